The second-order valence-corrected chi connectivity index (χ2v) is 5.43. The molecule has 3 nitrogen and oxygen atoms in total. The fourth-order valence-electron chi connectivity index (χ4n) is 1.38. The minimum absolute atomic E-state index is 0.524. The molecule has 5 heteroatoms. The van der Waals surface area contributed by atoms with E-state index >= 15 is 0 Å². The van der Waals surface area contributed by atoms with E-state index in [1.807, 2.05) is 25.1 Å². The van der Waals surface area contributed by atoms with Crippen molar-refractivity contribution in [1.82, 2.24) is 0 Å². The van der Waals surface area contributed by atoms with Gasteiger partial charge < -0.3 is 5.11 Å². The number of aryl methyl sites for hydroxylation is 1. The second kappa shape index (κ2) is 4.59. The lowest BCUT2D eigenvalue weighted by Crippen LogP contribution is -2.17. The molecule has 1 atom stereocenters. The number of aliphatic carboxylic acids is 1. The van der Waals surface area contributed by atoms with Gasteiger partial charge in [-0.25, -0.2) is 4.79 Å². The van der Waals surface area contributed by atoms with Gasteiger partial charge in [0.1, 0.15) is 0 Å². The van der Waals surface area contributed by atoms with Crippen LogP contribution >= 0.6 is 27.7 Å². The molecule has 0 aliphatic carbocycles. The predicted molar refractivity (Wildman–Crippen MR) is 69.3 cm³/mol. The summed E-state index contributed by atoms with van der Waals surface area (Å²) in [5.41, 5.74) is 2.13. The fourth-order valence-corrected chi connectivity index (χ4v) is 2.79. The molecule has 1 aliphatic rings. The van der Waals surface area contributed by atoms with Crippen LogP contribution in [0.15, 0.2) is 27.7 Å². The average Bonchev–Trinajstić information content (AvgIpc) is 2.71. The number of thioether (sulfide) groups is 1. The maximum Gasteiger partial charge on any atom is 0.329 e. The number of aliphatic imine (C=N–C) groups is 1. The summed E-state index contributed by atoms with van der Waals surface area (Å²) in [5.74, 6) is -0.329. The van der Waals surface area contributed by atoms with Gasteiger partial charge >= 0.3 is 5.97 Å². The monoisotopic (exact) mass is 299 g/mol. The van der Waals surface area contributed by atoms with Gasteiger partial charge in [0.25, 0.3) is 0 Å². The lowest BCUT2D eigenvalue weighted by Gasteiger charge is -2.02. The molecule has 1 unspecified atom stereocenters. The highest BCUT2D eigenvalue weighted by atomic mass is 79.9. The van der Waals surface area contributed by atoms with Crippen molar-refractivity contribution in [3.05, 3.63) is 33.8 Å². The van der Waals surface area contributed by atoms with Crippen molar-refractivity contribution in [3.63, 3.8) is 0 Å². The minimum atomic E-state index is -0.853. The second-order valence-electron chi connectivity index (χ2n) is 3.56. The summed E-state index contributed by atoms with van der Waals surface area (Å²) in [6.07, 6.45) is 0. The third kappa shape index (κ3) is 2.30. The Balaban J connectivity index is 2.29. The largest absolute Gasteiger partial charge is 0.480 e. The molecule has 1 heterocycles. The van der Waals surface area contributed by atoms with E-state index in [0.29, 0.717) is 5.75 Å². The summed E-state index contributed by atoms with van der Waals surface area (Å²) in [5, 5.41) is 9.66. The van der Waals surface area contributed by atoms with E-state index in [1.54, 1.807) is 0 Å². The highest BCUT2D eigenvalue weighted by molar-refractivity contribution is 9.10. The first-order valence-electron chi connectivity index (χ1n) is 4.78. The first-order valence-corrected chi connectivity index (χ1v) is 6.55. The third-order valence-electron chi connectivity index (χ3n) is 2.35. The number of nitrogens with zero attached hydrogens (tertiary/aromatic N) is 1. The molecule has 0 saturated heterocycles. The molecule has 0 amide bonds. The van der Waals surface area contributed by atoms with Crippen LogP contribution in [0.3, 0.4) is 0 Å². The molecule has 1 aliphatic heterocycles. The van der Waals surface area contributed by atoms with Crippen LogP contribution in [0.4, 0.5) is 0 Å². The van der Waals surface area contributed by atoms with Crippen LogP contribution in [0.2, 0.25) is 0 Å². The number of hydrogen-bond acceptors (Lipinski definition) is 3. The van der Waals surface area contributed by atoms with Gasteiger partial charge in [-0.2, -0.15) is 0 Å². The number of benzene rings is 1. The summed E-state index contributed by atoms with van der Waals surface area (Å²) >= 11 is 4.95. The third-order valence-corrected chi connectivity index (χ3v) is 4.31. The number of rotatable bonds is 2. The smallest absolute Gasteiger partial charge is 0.329 e. The molecule has 0 aromatic heterocycles. The summed E-state index contributed by atoms with van der Waals surface area (Å²) in [4.78, 5) is 15.0. The van der Waals surface area contributed by atoms with Crippen LogP contribution in [0, 0.1) is 6.92 Å². The van der Waals surface area contributed by atoms with Gasteiger partial charge in [-0.1, -0.05) is 28.1 Å². The molecule has 0 saturated carbocycles. The zero-order chi connectivity index (χ0) is 11.7. The van der Waals surface area contributed by atoms with E-state index in [0.717, 1.165) is 20.6 Å². The molecule has 0 radical (unpaired) electrons. The number of carbonyl (C=O) groups is 1. The van der Waals surface area contributed by atoms with Gasteiger partial charge in [0, 0.05) is 15.8 Å². The molecule has 0 bridgehead atoms. The summed E-state index contributed by atoms with van der Waals surface area (Å²) in [7, 11) is 0. The van der Waals surface area contributed by atoms with Gasteiger partial charge in [0.15, 0.2) is 6.04 Å². The van der Waals surface area contributed by atoms with Gasteiger partial charge in [0.05, 0.1) is 5.04 Å². The van der Waals surface area contributed by atoms with Crippen LogP contribution in [-0.2, 0) is 4.79 Å². The Bertz CT molecular complexity index is 473. The molecular formula is C11H10BrNO2S. The van der Waals surface area contributed by atoms with Crippen molar-refractivity contribution in [1.29, 1.82) is 0 Å². The van der Waals surface area contributed by atoms with Crippen molar-refractivity contribution in [2.45, 2.75) is 13.0 Å². The van der Waals surface area contributed by atoms with Crippen molar-refractivity contribution in [3.8, 4) is 0 Å². The van der Waals surface area contributed by atoms with Crippen LogP contribution in [-0.4, -0.2) is 27.9 Å². The normalized spacial score (nSPS) is 19.6. The lowest BCUT2D eigenvalue weighted by molar-refractivity contribution is -0.137. The van der Waals surface area contributed by atoms with E-state index in [2.05, 4.69) is 20.9 Å². The van der Waals surface area contributed by atoms with Crippen molar-refractivity contribution >= 4 is 38.7 Å². The van der Waals surface area contributed by atoms with E-state index in [9.17, 15) is 4.79 Å². The molecule has 1 aromatic rings. The minimum Gasteiger partial charge on any atom is -0.480 e. The summed E-state index contributed by atoms with van der Waals surface area (Å²) < 4.78 is 1.02. The Kier molecular flexibility index (Phi) is 3.35. The van der Waals surface area contributed by atoms with Gasteiger partial charge in [-0.05, 0) is 18.6 Å². The van der Waals surface area contributed by atoms with Crippen molar-refractivity contribution < 1.29 is 9.90 Å². The first-order chi connectivity index (χ1) is 7.58. The Hall–Kier alpha value is -0.810. The van der Waals surface area contributed by atoms with Crippen molar-refractivity contribution in [2.24, 2.45) is 4.99 Å². The summed E-state index contributed by atoms with van der Waals surface area (Å²) in [6.45, 7) is 2.01. The highest BCUT2D eigenvalue weighted by Crippen LogP contribution is 2.26. The molecular weight excluding hydrogens is 290 g/mol. The zero-order valence-electron chi connectivity index (χ0n) is 8.61. The maximum atomic E-state index is 10.8. The van der Waals surface area contributed by atoms with Gasteiger partial charge in [0.2, 0.25) is 0 Å². The molecule has 0 spiro atoms. The maximum absolute atomic E-state index is 10.8. The molecule has 1 N–H and O–H groups in total. The van der Waals surface area contributed by atoms with E-state index < -0.39 is 12.0 Å². The Morgan fingerprint density at radius 1 is 1.62 bits per heavy atom. The number of carboxylic acids is 1. The summed E-state index contributed by atoms with van der Waals surface area (Å²) in [6, 6.07) is 5.35. The lowest BCUT2D eigenvalue weighted by atomic mass is 10.2. The van der Waals surface area contributed by atoms with Crippen LogP contribution < -0.4 is 0 Å². The van der Waals surface area contributed by atoms with Crippen LogP contribution in [0.5, 0.6) is 0 Å². The number of carboxylic acid groups (broad SMARTS) is 1. The average molecular weight is 300 g/mol. The van der Waals surface area contributed by atoms with Crippen LogP contribution in [0.25, 0.3) is 0 Å². The first kappa shape index (κ1) is 11.7. The standard InChI is InChI=1S/C11H10BrNO2S/c1-6-2-3-7(4-8(6)12)10-13-9(5-16-10)11(14)15/h2-4,9H,5H2,1H3,(H,14,15). The Labute approximate surface area is 106 Å². The SMILES string of the molecule is Cc1ccc(C2=NC(C(=O)O)CS2)cc1Br. The Morgan fingerprint density at radius 2 is 2.38 bits per heavy atom. The van der Waals surface area contributed by atoms with Crippen molar-refractivity contribution in [2.75, 3.05) is 5.75 Å². The quantitative estimate of drug-likeness (QED) is 0.913. The van der Waals surface area contributed by atoms with Gasteiger partial charge in [-0.15, -0.1) is 11.8 Å². The van der Waals surface area contributed by atoms with E-state index in [-0.39, 0.29) is 0 Å². The predicted octanol–water partition coefficient (Wildman–Crippen LogP) is 2.70. The van der Waals surface area contributed by atoms with Crippen LogP contribution in [0.1, 0.15) is 11.1 Å². The molecule has 16 heavy (non-hydrogen) atoms. The van der Waals surface area contributed by atoms with E-state index in [1.165, 1.54) is 11.8 Å². The molecule has 0 fully saturated rings. The molecule has 1 aromatic carbocycles. The molecule has 84 valence electrons. The van der Waals surface area contributed by atoms with Gasteiger partial charge in [-0.3, -0.25) is 4.99 Å². The number of hydrogen-bond donors (Lipinski definition) is 1. The Morgan fingerprint density at radius 3 is 2.94 bits per heavy atom. The number of halogens is 1. The zero-order valence-corrected chi connectivity index (χ0v) is 11.0. The fraction of sp³-hybridized carbons (Fsp3) is 0.273. The topological polar surface area (TPSA) is 49.7 Å². The van der Waals surface area contributed by atoms with E-state index in [4.69, 9.17) is 5.11 Å². The highest BCUT2D eigenvalue weighted by Gasteiger charge is 2.25. The molecule has 2 rings (SSSR count).